The van der Waals surface area contributed by atoms with Gasteiger partial charge in [-0.25, -0.2) is 22.9 Å². The van der Waals surface area contributed by atoms with Gasteiger partial charge in [-0.15, -0.1) is 0 Å². The summed E-state index contributed by atoms with van der Waals surface area (Å²) in [5.41, 5.74) is 8.41. The van der Waals surface area contributed by atoms with Gasteiger partial charge in [0.15, 0.2) is 5.82 Å². The van der Waals surface area contributed by atoms with Gasteiger partial charge in [0.2, 0.25) is 10.0 Å². The third-order valence-electron chi connectivity index (χ3n) is 6.05. The van der Waals surface area contributed by atoms with Gasteiger partial charge in [-0.05, 0) is 43.7 Å². The monoisotopic (exact) mass is 565 g/mol. The number of carbonyl (C=O) groups is 1. The first-order chi connectivity index (χ1) is 17.4. The van der Waals surface area contributed by atoms with Crippen molar-refractivity contribution in [3.05, 3.63) is 74.9 Å². The average Bonchev–Trinajstić information content (AvgIpc) is 3.37. The van der Waals surface area contributed by atoms with Crippen molar-refractivity contribution < 1.29 is 17.6 Å². The Labute approximate surface area is 222 Å². The van der Waals surface area contributed by atoms with Crippen molar-refractivity contribution in [1.82, 2.24) is 20.1 Å². The van der Waals surface area contributed by atoms with E-state index in [4.69, 9.17) is 34.1 Å². The summed E-state index contributed by atoms with van der Waals surface area (Å²) in [7, 11) is -2.48. The first kappa shape index (κ1) is 26.7. The molecule has 10 nitrogen and oxygen atoms in total. The molecule has 1 unspecified atom stereocenters. The summed E-state index contributed by atoms with van der Waals surface area (Å²) in [4.78, 5) is 23.1. The summed E-state index contributed by atoms with van der Waals surface area (Å²) >= 11 is 12.6. The fourth-order valence-electron chi connectivity index (χ4n) is 4.23. The Kier molecular flexibility index (Phi) is 7.38. The molecule has 5 N–H and O–H groups in total. The molecule has 14 heteroatoms. The highest BCUT2D eigenvalue weighted by Crippen LogP contribution is 2.33. The van der Waals surface area contributed by atoms with Crippen molar-refractivity contribution in [3.63, 3.8) is 0 Å². The van der Waals surface area contributed by atoms with Crippen molar-refractivity contribution in [2.75, 3.05) is 13.6 Å². The van der Waals surface area contributed by atoms with E-state index in [1.54, 1.807) is 13.0 Å². The molecule has 0 bridgehead atoms. The van der Waals surface area contributed by atoms with Crippen LogP contribution in [0.15, 0.2) is 57.8 Å². The highest BCUT2D eigenvalue weighted by atomic mass is 35.5. The Balaban J connectivity index is 1.70. The molecule has 0 radical (unpaired) electrons. The molecule has 2 heterocycles. The fraction of sp³-hybridized carbons (Fsp3) is 0.217. The number of aromatic nitrogens is 3. The molecule has 2 aromatic carbocycles. The molecule has 0 aliphatic carbocycles. The molecule has 1 aliphatic heterocycles. The number of nitrogens with one attached hydrogen (secondary N) is 1. The topological polar surface area (TPSA) is 160 Å². The lowest BCUT2D eigenvalue weighted by atomic mass is 9.91. The molecule has 0 saturated heterocycles. The van der Waals surface area contributed by atoms with Crippen LogP contribution in [0.25, 0.3) is 11.4 Å². The van der Waals surface area contributed by atoms with E-state index in [0.29, 0.717) is 22.5 Å². The van der Waals surface area contributed by atoms with Crippen LogP contribution in [0.3, 0.4) is 0 Å². The molecule has 0 spiro atoms. The lowest BCUT2D eigenvalue weighted by Crippen LogP contribution is -2.46. The Morgan fingerprint density at radius 3 is 2.59 bits per heavy atom. The highest BCUT2D eigenvalue weighted by molar-refractivity contribution is 7.89. The number of aromatic amines is 1. The van der Waals surface area contributed by atoms with E-state index in [9.17, 15) is 17.6 Å². The van der Waals surface area contributed by atoms with Gasteiger partial charge < -0.3 is 10.6 Å². The van der Waals surface area contributed by atoms with Gasteiger partial charge in [0.05, 0.1) is 27.2 Å². The SMILES string of the molecule is CN=C(C1=C(N)C(C)N(C(=O)c2cc(F)cc(-c3ncn[nH]3)c2Cl)CC1)c1cc(Cl)cc(S(N)(=O)=O)c1. The molecular weight excluding hydrogens is 544 g/mol. The second-order valence-electron chi connectivity index (χ2n) is 8.30. The zero-order valence-electron chi connectivity index (χ0n) is 19.7. The number of primary sulfonamides is 1. The second kappa shape index (κ2) is 10.2. The van der Waals surface area contributed by atoms with Gasteiger partial charge in [-0.3, -0.25) is 14.9 Å². The highest BCUT2D eigenvalue weighted by Gasteiger charge is 2.33. The number of nitrogens with zero attached hydrogens (tertiary/aromatic N) is 4. The minimum atomic E-state index is -4.02. The second-order valence-corrected chi connectivity index (χ2v) is 10.7. The zero-order chi connectivity index (χ0) is 27.1. The van der Waals surface area contributed by atoms with E-state index < -0.39 is 27.8 Å². The molecular formula is C23H22Cl2FN7O3S. The van der Waals surface area contributed by atoms with Gasteiger partial charge in [-0.2, -0.15) is 5.10 Å². The predicted octanol–water partition coefficient (Wildman–Crippen LogP) is 3.13. The molecule has 194 valence electrons. The van der Waals surface area contributed by atoms with Crippen LogP contribution >= 0.6 is 23.2 Å². The lowest BCUT2D eigenvalue weighted by Gasteiger charge is -2.36. The molecule has 1 atom stereocenters. The van der Waals surface area contributed by atoms with Crippen LogP contribution in [0, 0.1) is 5.82 Å². The van der Waals surface area contributed by atoms with Crippen LogP contribution in [0.2, 0.25) is 10.0 Å². The quantitative estimate of drug-likeness (QED) is 0.402. The number of hydrogen-bond acceptors (Lipinski definition) is 7. The van der Waals surface area contributed by atoms with Crippen LogP contribution in [-0.4, -0.2) is 59.8 Å². The van der Waals surface area contributed by atoms with Gasteiger partial charge >= 0.3 is 0 Å². The number of H-pyrrole nitrogens is 1. The number of benzene rings is 2. The zero-order valence-corrected chi connectivity index (χ0v) is 22.0. The molecule has 1 aliphatic rings. The number of carbonyl (C=O) groups excluding carboxylic acids is 1. The van der Waals surface area contributed by atoms with E-state index in [-0.39, 0.29) is 44.9 Å². The summed E-state index contributed by atoms with van der Waals surface area (Å²) < 4.78 is 38.2. The van der Waals surface area contributed by atoms with E-state index in [1.807, 2.05) is 0 Å². The molecule has 3 aromatic rings. The summed E-state index contributed by atoms with van der Waals surface area (Å²) in [5, 5.41) is 11.8. The van der Waals surface area contributed by atoms with Crippen molar-refractivity contribution in [3.8, 4) is 11.4 Å². The van der Waals surface area contributed by atoms with Crippen LogP contribution < -0.4 is 10.9 Å². The molecule has 1 amide bonds. The average molecular weight is 566 g/mol. The summed E-state index contributed by atoms with van der Waals surface area (Å²) in [6.07, 6.45) is 1.53. The Morgan fingerprint density at radius 2 is 1.97 bits per heavy atom. The number of nitrogens with two attached hydrogens (primary N) is 2. The first-order valence-electron chi connectivity index (χ1n) is 10.9. The normalized spacial score (nSPS) is 16.9. The van der Waals surface area contributed by atoms with E-state index in [1.165, 1.54) is 30.4 Å². The van der Waals surface area contributed by atoms with Crippen LogP contribution in [-0.2, 0) is 10.0 Å². The van der Waals surface area contributed by atoms with Crippen LogP contribution in [0.1, 0.15) is 29.3 Å². The number of amides is 1. The number of halogens is 3. The maximum absolute atomic E-state index is 14.4. The summed E-state index contributed by atoms with van der Waals surface area (Å²) in [6, 6.07) is 5.77. The maximum atomic E-state index is 14.4. The van der Waals surface area contributed by atoms with E-state index >= 15 is 0 Å². The number of rotatable bonds is 5. The lowest BCUT2D eigenvalue weighted by molar-refractivity contribution is 0.0706. The molecule has 0 saturated carbocycles. The Morgan fingerprint density at radius 1 is 1.24 bits per heavy atom. The first-order valence-corrected chi connectivity index (χ1v) is 13.2. The van der Waals surface area contributed by atoms with Crippen molar-refractivity contribution in [2.45, 2.75) is 24.3 Å². The molecule has 1 aromatic heterocycles. The Bertz CT molecular complexity index is 1560. The van der Waals surface area contributed by atoms with Crippen molar-refractivity contribution >= 4 is 44.8 Å². The van der Waals surface area contributed by atoms with Crippen molar-refractivity contribution in [1.29, 1.82) is 0 Å². The van der Waals surface area contributed by atoms with E-state index in [2.05, 4.69) is 20.2 Å². The van der Waals surface area contributed by atoms with Gasteiger partial charge in [0, 0.05) is 41.0 Å². The van der Waals surface area contributed by atoms with Gasteiger partial charge in [0.25, 0.3) is 5.91 Å². The fourth-order valence-corrected chi connectivity index (χ4v) is 5.39. The third-order valence-corrected chi connectivity index (χ3v) is 7.57. The molecule has 37 heavy (non-hydrogen) atoms. The van der Waals surface area contributed by atoms with Gasteiger partial charge in [-0.1, -0.05) is 23.2 Å². The van der Waals surface area contributed by atoms with E-state index in [0.717, 1.165) is 12.1 Å². The minimum Gasteiger partial charge on any atom is -0.400 e. The molecule has 0 fully saturated rings. The Hall–Kier alpha value is -3.32. The summed E-state index contributed by atoms with van der Waals surface area (Å²) in [5.74, 6) is -0.967. The number of sulfonamides is 1. The standard InChI is InChI=1S/C23H22Cl2FN7O3S/c1-11-20(27)16(21(29-2)12-5-13(24)7-15(6-12)37(28,35)36)3-4-33(11)23(34)18-9-14(26)8-17(19(18)25)22-30-10-31-32-22/h5-11H,3-4,27H2,1-2H3,(H2,28,35,36)(H,30,31,32). The van der Waals surface area contributed by atoms with Crippen LogP contribution in [0.5, 0.6) is 0 Å². The number of aliphatic imine (C=N–C) groups is 1. The minimum absolute atomic E-state index is 0.0222. The predicted molar refractivity (Wildman–Crippen MR) is 138 cm³/mol. The third kappa shape index (κ3) is 5.23. The maximum Gasteiger partial charge on any atom is 0.256 e. The van der Waals surface area contributed by atoms with Gasteiger partial charge in [0.1, 0.15) is 12.1 Å². The largest absolute Gasteiger partial charge is 0.400 e. The smallest absolute Gasteiger partial charge is 0.256 e. The number of hydrogen-bond donors (Lipinski definition) is 3. The summed E-state index contributed by atoms with van der Waals surface area (Å²) in [6.45, 7) is 1.93. The van der Waals surface area contributed by atoms with Crippen LogP contribution in [0.4, 0.5) is 4.39 Å². The van der Waals surface area contributed by atoms with Crippen molar-refractivity contribution in [2.24, 2.45) is 15.9 Å². The molecule has 4 rings (SSSR count).